The van der Waals surface area contributed by atoms with Gasteiger partial charge in [-0.25, -0.2) is 0 Å². The van der Waals surface area contributed by atoms with Crippen LogP contribution in [0.4, 0.5) is 5.69 Å². The van der Waals surface area contributed by atoms with Crippen LogP contribution in [-0.4, -0.2) is 54.5 Å². The Kier molecular flexibility index (Phi) is 7.41. The van der Waals surface area contributed by atoms with Gasteiger partial charge in [-0.15, -0.1) is 0 Å². The largest absolute Gasteiger partial charge is 0.368 e. The van der Waals surface area contributed by atoms with E-state index in [0.717, 1.165) is 41.7 Å². The third-order valence-electron chi connectivity index (χ3n) is 7.48. The van der Waals surface area contributed by atoms with Crippen molar-refractivity contribution in [3.8, 4) is 0 Å². The van der Waals surface area contributed by atoms with Crippen LogP contribution in [0.1, 0.15) is 22.0 Å². The van der Waals surface area contributed by atoms with E-state index in [0.29, 0.717) is 12.6 Å². The molecule has 1 unspecified atom stereocenters. The van der Waals surface area contributed by atoms with Crippen LogP contribution in [-0.2, 0) is 0 Å². The summed E-state index contributed by atoms with van der Waals surface area (Å²) >= 11 is 7.87. The Morgan fingerprint density at radius 3 is 2.16 bits per heavy atom. The summed E-state index contributed by atoms with van der Waals surface area (Å²) in [4.78, 5) is 22.7. The highest BCUT2D eigenvalue weighted by Crippen LogP contribution is 2.35. The van der Waals surface area contributed by atoms with Crippen LogP contribution in [0, 0.1) is 0 Å². The number of carbonyl (C=O) groups excluding carboxylic acids is 1. The lowest BCUT2D eigenvalue weighted by Gasteiger charge is -2.52. The quantitative estimate of drug-likeness (QED) is 0.267. The van der Waals surface area contributed by atoms with Gasteiger partial charge in [-0.3, -0.25) is 9.69 Å². The number of rotatable bonds is 6. The molecule has 0 aromatic heterocycles. The molecule has 1 atom stereocenters. The molecule has 0 aliphatic carbocycles. The van der Waals surface area contributed by atoms with Crippen LogP contribution < -0.4 is 4.90 Å². The van der Waals surface area contributed by atoms with Gasteiger partial charge in [-0.05, 0) is 60.2 Å². The number of hydrogen-bond acceptors (Lipinski definition) is 4. The fraction of sp³-hybridized carbons (Fsp3) is 0.219. The molecule has 38 heavy (non-hydrogen) atoms. The van der Waals surface area contributed by atoms with Gasteiger partial charge in [0.25, 0.3) is 5.91 Å². The van der Waals surface area contributed by atoms with Gasteiger partial charge in [0.1, 0.15) is 0 Å². The summed E-state index contributed by atoms with van der Waals surface area (Å²) in [6, 6.07) is 37.7. The SMILES string of the molecule is O=C(c1ccccc1)N1CCN(C2CN(c3ccc(Sc4cccc(Cl)c4)cc3)C2)C(c2ccccc2)C1. The molecule has 6 heteroatoms. The molecule has 0 N–H and O–H groups in total. The number of anilines is 1. The van der Waals surface area contributed by atoms with Crippen molar-refractivity contribution >= 4 is 35.0 Å². The smallest absolute Gasteiger partial charge is 0.253 e. The Bertz CT molecular complexity index is 1380. The summed E-state index contributed by atoms with van der Waals surface area (Å²) < 4.78 is 0. The van der Waals surface area contributed by atoms with Gasteiger partial charge in [-0.1, -0.05) is 78.0 Å². The second kappa shape index (κ2) is 11.2. The topological polar surface area (TPSA) is 26.8 Å². The van der Waals surface area contributed by atoms with Crippen LogP contribution in [0.2, 0.25) is 5.02 Å². The zero-order valence-electron chi connectivity index (χ0n) is 21.1. The third kappa shape index (κ3) is 5.46. The number of halogens is 1. The van der Waals surface area contributed by atoms with Crippen molar-refractivity contribution in [1.82, 2.24) is 9.80 Å². The first-order valence-corrected chi connectivity index (χ1v) is 14.3. The monoisotopic (exact) mass is 539 g/mol. The van der Waals surface area contributed by atoms with Crippen LogP contribution >= 0.6 is 23.4 Å². The molecule has 1 amide bonds. The van der Waals surface area contributed by atoms with E-state index in [9.17, 15) is 4.79 Å². The van der Waals surface area contributed by atoms with Gasteiger partial charge in [-0.2, -0.15) is 0 Å². The van der Waals surface area contributed by atoms with Gasteiger partial charge < -0.3 is 9.80 Å². The van der Waals surface area contributed by atoms with Crippen molar-refractivity contribution in [3.63, 3.8) is 0 Å². The van der Waals surface area contributed by atoms with Crippen LogP contribution in [0.25, 0.3) is 0 Å². The summed E-state index contributed by atoms with van der Waals surface area (Å²) in [5.74, 6) is 0.122. The van der Waals surface area contributed by atoms with Crippen molar-refractivity contribution in [1.29, 1.82) is 0 Å². The molecule has 2 aliphatic rings. The van der Waals surface area contributed by atoms with Crippen molar-refractivity contribution < 1.29 is 4.79 Å². The molecule has 4 aromatic rings. The molecule has 2 fully saturated rings. The standard InChI is InChI=1S/C32H30ClN3OS/c33-26-12-7-13-30(20-26)38-29-16-14-27(15-17-29)35-21-28(22-35)36-19-18-34(32(37)25-10-5-2-6-11-25)23-31(36)24-8-3-1-4-9-24/h1-17,20,28,31H,18-19,21-23H2. The molecule has 4 nitrogen and oxygen atoms in total. The average molecular weight is 540 g/mol. The van der Waals surface area contributed by atoms with E-state index in [1.807, 2.05) is 53.4 Å². The van der Waals surface area contributed by atoms with Crippen molar-refractivity contribution in [2.24, 2.45) is 0 Å². The maximum atomic E-state index is 13.2. The molecule has 0 bridgehead atoms. The first-order valence-electron chi connectivity index (χ1n) is 13.1. The predicted molar refractivity (Wildman–Crippen MR) is 156 cm³/mol. The molecular formula is C32H30ClN3OS. The molecule has 0 radical (unpaired) electrons. The third-order valence-corrected chi connectivity index (χ3v) is 8.71. The van der Waals surface area contributed by atoms with Gasteiger partial charge in [0.2, 0.25) is 0 Å². The molecular weight excluding hydrogens is 510 g/mol. The second-order valence-corrected chi connectivity index (χ2v) is 11.5. The summed E-state index contributed by atoms with van der Waals surface area (Å²) in [5.41, 5.74) is 3.30. The fourth-order valence-corrected chi connectivity index (χ4v) is 6.55. The van der Waals surface area contributed by atoms with E-state index in [4.69, 9.17) is 11.6 Å². The van der Waals surface area contributed by atoms with Gasteiger partial charge in [0.15, 0.2) is 0 Å². The molecule has 2 heterocycles. The molecule has 192 valence electrons. The number of nitrogens with zero attached hydrogens (tertiary/aromatic N) is 3. The minimum atomic E-state index is 0.122. The first-order chi connectivity index (χ1) is 18.6. The van der Waals surface area contributed by atoms with Crippen LogP contribution in [0.5, 0.6) is 0 Å². The van der Waals surface area contributed by atoms with E-state index in [1.54, 1.807) is 11.8 Å². The maximum absolute atomic E-state index is 13.2. The summed E-state index contributed by atoms with van der Waals surface area (Å²) in [7, 11) is 0. The molecule has 4 aromatic carbocycles. The Morgan fingerprint density at radius 1 is 0.737 bits per heavy atom. The Morgan fingerprint density at radius 2 is 1.45 bits per heavy atom. The van der Waals surface area contributed by atoms with Gasteiger partial charge in [0.05, 0.1) is 6.04 Å². The zero-order chi connectivity index (χ0) is 25.9. The van der Waals surface area contributed by atoms with Gasteiger partial charge in [0, 0.05) is 64.8 Å². The number of piperazine rings is 1. The summed E-state index contributed by atoms with van der Waals surface area (Å²) in [6.07, 6.45) is 0. The van der Waals surface area contributed by atoms with E-state index in [1.165, 1.54) is 16.1 Å². The van der Waals surface area contributed by atoms with E-state index >= 15 is 0 Å². The predicted octanol–water partition coefficient (Wildman–Crippen LogP) is 6.88. The molecule has 0 saturated carbocycles. The molecule has 0 spiro atoms. The maximum Gasteiger partial charge on any atom is 0.253 e. The lowest BCUT2D eigenvalue weighted by atomic mass is 9.96. The minimum Gasteiger partial charge on any atom is -0.368 e. The minimum absolute atomic E-state index is 0.122. The van der Waals surface area contributed by atoms with Crippen molar-refractivity contribution in [3.05, 3.63) is 125 Å². The molecule has 2 aliphatic heterocycles. The highest BCUT2D eigenvalue weighted by molar-refractivity contribution is 7.99. The van der Waals surface area contributed by atoms with Gasteiger partial charge >= 0.3 is 0 Å². The lowest BCUT2D eigenvalue weighted by Crippen LogP contribution is -2.64. The Hall–Kier alpha value is -3.25. The Balaban J connectivity index is 1.12. The van der Waals surface area contributed by atoms with Crippen molar-refractivity contribution in [2.45, 2.75) is 21.9 Å². The normalized spacial score (nSPS) is 18.3. The van der Waals surface area contributed by atoms with E-state index < -0.39 is 0 Å². The fourth-order valence-electron chi connectivity index (χ4n) is 5.42. The average Bonchev–Trinajstić information content (AvgIpc) is 2.94. The highest BCUT2D eigenvalue weighted by Gasteiger charge is 2.40. The second-order valence-electron chi connectivity index (χ2n) is 9.89. The number of carbonyl (C=O) groups is 1. The Labute approximate surface area is 233 Å². The van der Waals surface area contributed by atoms with Crippen molar-refractivity contribution in [2.75, 3.05) is 37.6 Å². The summed E-state index contributed by atoms with van der Waals surface area (Å²) in [6.45, 7) is 4.34. The first kappa shape index (κ1) is 25.1. The van der Waals surface area contributed by atoms with Crippen LogP contribution in [0.15, 0.2) is 119 Å². The summed E-state index contributed by atoms with van der Waals surface area (Å²) in [5, 5.41) is 0.761. The molecule has 6 rings (SSSR count). The number of benzene rings is 4. The molecule has 2 saturated heterocycles. The zero-order valence-corrected chi connectivity index (χ0v) is 22.7. The number of hydrogen-bond donors (Lipinski definition) is 0. The number of amides is 1. The van der Waals surface area contributed by atoms with E-state index in [2.05, 4.69) is 70.5 Å². The van der Waals surface area contributed by atoms with E-state index in [-0.39, 0.29) is 11.9 Å². The lowest BCUT2D eigenvalue weighted by molar-refractivity contribution is 0.0252. The highest BCUT2D eigenvalue weighted by atomic mass is 35.5. The van der Waals surface area contributed by atoms with Crippen LogP contribution in [0.3, 0.4) is 0 Å².